The minimum atomic E-state index is 0.412. The van der Waals surface area contributed by atoms with Gasteiger partial charge in [0.25, 0.3) is 0 Å². The minimum absolute atomic E-state index is 0.412. The van der Waals surface area contributed by atoms with E-state index >= 15 is 0 Å². The van der Waals surface area contributed by atoms with Gasteiger partial charge in [0.15, 0.2) is 0 Å². The molecule has 0 aliphatic carbocycles. The van der Waals surface area contributed by atoms with Crippen LogP contribution in [0.5, 0.6) is 0 Å². The Morgan fingerprint density at radius 3 is 2.77 bits per heavy atom. The van der Waals surface area contributed by atoms with E-state index in [0.29, 0.717) is 5.66 Å². The van der Waals surface area contributed by atoms with E-state index in [2.05, 4.69) is 61.7 Å². The SMILES string of the molecule is PC(CC=Cc1cccc(-c2c[nH]c3ncccc23)n1)c1ccccc1. The molecule has 0 saturated heterocycles. The molecule has 128 valence electrons. The summed E-state index contributed by atoms with van der Waals surface area (Å²) in [6, 6.07) is 20.7. The zero-order valence-electron chi connectivity index (χ0n) is 14.3. The van der Waals surface area contributed by atoms with E-state index in [-0.39, 0.29) is 0 Å². The predicted molar refractivity (Wildman–Crippen MR) is 112 cm³/mol. The number of benzene rings is 1. The molecule has 0 aliphatic heterocycles. The molecule has 0 spiro atoms. The quantitative estimate of drug-likeness (QED) is 0.469. The Morgan fingerprint density at radius 2 is 1.88 bits per heavy atom. The van der Waals surface area contributed by atoms with Gasteiger partial charge in [-0.2, -0.15) is 0 Å². The van der Waals surface area contributed by atoms with Gasteiger partial charge >= 0.3 is 0 Å². The second-order valence-corrected chi connectivity index (χ2v) is 7.01. The van der Waals surface area contributed by atoms with Crippen molar-refractivity contribution in [1.29, 1.82) is 0 Å². The summed E-state index contributed by atoms with van der Waals surface area (Å²) in [5.41, 5.74) is 5.63. The predicted octanol–water partition coefficient (Wildman–Crippen LogP) is 5.64. The zero-order valence-corrected chi connectivity index (χ0v) is 15.5. The Morgan fingerprint density at radius 1 is 1.00 bits per heavy atom. The van der Waals surface area contributed by atoms with Crippen molar-refractivity contribution >= 4 is 26.3 Å². The highest BCUT2D eigenvalue weighted by Crippen LogP contribution is 2.28. The monoisotopic (exact) mass is 357 g/mol. The van der Waals surface area contributed by atoms with Crippen molar-refractivity contribution < 1.29 is 0 Å². The number of hydrogen-bond donors (Lipinski definition) is 1. The maximum atomic E-state index is 4.79. The van der Waals surface area contributed by atoms with Crippen molar-refractivity contribution in [3.63, 3.8) is 0 Å². The normalized spacial score (nSPS) is 12.7. The second kappa shape index (κ2) is 7.63. The molecule has 1 aromatic carbocycles. The summed E-state index contributed by atoms with van der Waals surface area (Å²) in [6.07, 6.45) is 9.00. The number of nitrogens with one attached hydrogen (secondary N) is 1. The molecule has 2 atom stereocenters. The summed E-state index contributed by atoms with van der Waals surface area (Å²) in [7, 11) is 2.92. The molecule has 0 bridgehead atoms. The lowest BCUT2D eigenvalue weighted by Gasteiger charge is -2.08. The minimum Gasteiger partial charge on any atom is -0.345 e. The fourth-order valence-corrected chi connectivity index (χ4v) is 3.41. The number of H-pyrrole nitrogens is 1. The number of fused-ring (bicyclic) bond motifs is 1. The standard InChI is InChI=1S/C22H20N3P/c26-21(16-7-2-1-3-8-16)13-5-10-17-9-4-12-20(25-17)19-15-24-22-18(19)11-6-14-23-22/h1-12,14-15,21H,13,26H2,(H,23,24). The average molecular weight is 357 g/mol. The molecule has 2 unspecified atom stereocenters. The summed E-state index contributed by atoms with van der Waals surface area (Å²) < 4.78 is 0. The van der Waals surface area contributed by atoms with Gasteiger partial charge in [0.05, 0.1) is 11.4 Å². The van der Waals surface area contributed by atoms with Gasteiger partial charge in [-0.05, 0) is 42.3 Å². The van der Waals surface area contributed by atoms with Gasteiger partial charge < -0.3 is 4.98 Å². The fraction of sp³-hybridized carbons (Fsp3) is 0.0909. The third kappa shape index (κ3) is 3.58. The molecule has 3 nitrogen and oxygen atoms in total. The van der Waals surface area contributed by atoms with Crippen LogP contribution in [-0.2, 0) is 0 Å². The number of rotatable bonds is 5. The fourth-order valence-electron chi connectivity index (χ4n) is 3.03. The lowest BCUT2D eigenvalue weighted by atomic mass is 10.1. The Balaban J connectivity index is 1.53. The van der Waals surface area contributed by atoms with Gasteiger partial charge in [-0.25, -0.2) is 9.97 Å². The number of pyridine rings is 2. The van der Waals surface area contributed by atoms with E-state index in [1.165, 1.54) is 5.56 Å². The summed E-state index contributed by atoms with van der Waals surface area (Å²) in [5, 5.41) is 1.09. The molecule has 0 fully saturated rings. The van der Waals surface area contributed by atoms with Crippen molar-refractivity contribution in [2.45, 2.75) is 12.1 Å². The summed E-state index contributed by atoms with van der Waals surface area (Å²) in [5.74, 6) is 0. The first-order valence-corrected chi connectivity index (χ1v) is 9.34. The van der Waals surface area contributed by atoms with E-state index in [9.17, 15) is 0 Å². The first-order chi connectivity index (χ1) is 12.8. The van der Waals surface area contributed by atoms with E-state index in [1.807, 2.05) is 36.5 Å². The Labute approximate surface area is 155 Å². The van der Waals surface area contributed by atoms with Gasteiger partial charge in [-0.3, -0.25) is 0 Å². The van der Waals surface area contributed by atoms with Crippen LogP contribution in [0.15, 0.2) is 79.1 Å². The van der Waals surface area contributed by atoms with Crippen LogP contribution in [0.2, 0.25) is 0 Å². The molecule has 26 heavy (non-hydrogen) atoms. The van der Waals surface area contributed by atoms with Crippen LogP contribution in [0.25, 0.3) is 28.4 Å². The smallest absolute Gasteiger partial charge is 0.137 e. The second-order valence-electron chi connectivity index (χ2n) is 6.20. The topological polar surface area (TPSA) is 41.6 Å². The highest BCUT2D eigenvalue weighted by Gasteiger charge is 2.08. The van der Waals surface area contributed by atoms with Gasteiger partial charge in [-0.15, -0.1) is 9.24 Å². The van der Waals surface area contributed by atoms with Crippen LogP contribution in [0.4, 0.5) is 0 Å². The lowest BCUT2D eigenvalue weighted by Crippen LogP contribution is -1.88. The van der Waals surface area contributed by atoms with Crippen LogP contribution >= 0.6 is 9.24 Å². The van der Waals surface area contributed by atoms with E-state index in [4.69, 9.17) is 4.98 Å². The van der Waals surface area contributed by atoms with Crippen LogP contribution in [0.1, 0.15) is 23.3 Å². The Hall–Kier alpha value is -2.77. The third-order valence-electron chi connectivity index (χ3n) is 4.40. The molecular weight excluding hydrogens is 337 g/mol. The molecule has 0 amide bonds. The average Bonchev–Trinajstić information content (AvgIpc) is 3.13. The maximum absolute atomic E-state index is 4.79. The molecule has 4 aromatic rings. The molecule has 0 aliphatic rings. The van der Waals surface area contributed by atoms with Crippen molar-refractivity contribution in [2.24, 2.45) is 0 Å². The highest BCUT2D eigenvalue weighted by molar-refractivity contribution is 7.17. The molecule has 3 heterocycles. The summed E-state index contributed by atoms with van der Waals surface area (Å²) >= 11 is 0. The highest BCUT2D eigenvalue weighted by atomic mass is 31.0. The number of aromatic amines is 1. The van der Waals surface area contributed by atoms with Crippen LogP contribution in [0.3, 0.4) is 0 Å². The number of hydrogen-bond acceptors (Lipinski definition) is 2. The molecule has 0 radical (unpaired) electrons. The Kier molecular flexibility index (Phi) is 4.90. The molecule has 4 rings (SSSR count). The first kappa shape index (κ1) is 16.7. The van der Waals surface area contributed by atoms with E-state index in [1.54, 1.807) is 6.20 Å². The summed E-state index contributed by atoms with van der Waals surface area (Å²) in [4.78, 5) is 12.4. The van der Waals surface area contributed by atoms with Crippen molar-refractivity contribution in [1.82, 2.24) is 15.0 Å². The van der Waals surface area contributed by atoms with Gasteiger partial charge in [0.2, 0.25) is 0 Å². The number of aromatic nitrogens is 3. The molecule has 4 heteroatoms. The van der Waals surface area contributed by atoms with Crippen molar-refractivity contribution in [2.75, 3.05) is 0 Å². The molecule has 0 saturated carbocycles. The van der Waals surface area contributed by atoms with Gasteiger partial charge in [0.1, 0.15) is 5.65 Å². The molecular formula is C22H20N3P. The van der Waals surface area contributed by atoms with Gasteiger partial charge in [0, 0.05) is 29.0 Å². The van der Waals surface area contributed by atoms with Gasteiger partial charge in [-0.1, -0.05) is 42.5 Å². The van der Waals surface area contributed by atoms with Crippen LogP contribution in [-0.4, -0.2) is 15.0 Å². The number of nitrogens with zero attached hydrogens (tertiary/aromatic N) is 2. The van der Waals surface area contributed by atoms with Crippen LogP contribution < -0.4 is 0 Å². The largest absolute Gasteiger partial charge is 0.345 e. The van der Waals surface area contributed by atoms with E-state index < -0.39 is 0 Å². The maximum Gasteiger partial charge on any atom is 0.137 e. The van der Waals surface area contributed by atoms with Crippen molar-refractivity contribution in [3.8, 4) is 11.3 Å². The van der Waals surface area contributed by atoms with Crippen molar-refractivity contribution in [3.05, 3.63) is 90.4 Å². The number of allylic oxidation sites excluding steroid dienone is 1. The lowest BCUT2D eigenvalue weighted by molar-refractivity contribution is 0.975. The van der Waals surface area contributed by atoms with Crippen LogP contribution in [0, 0.1) is 0 Å². The molecule has 3 aromatic heterocycles. The third-order valence-corrected chi connectivity index (χ3v) is 5.06. The Bertz CT molecular complexity index is 1040. The summed E-state index contributed by atoms with van der Waals surface area (Å²) in [6.45, 7) is 0. The molecule has 1 N–H and O–H groups in total. The zero-order chi connectivity index (χ0) is 17.8. The first-order valence-electron chi connectivity index (χ1n) is 8.68. The van der Waals surface area contributed by atoms with E-state index in [0.717, 1.165) is 34.4 Å².